The second-order valence-electron chi connectivity index (χ2n) is 13.9. The fourth-order valence-corrected chi connectivity index (χ4v) is 9.61. The molecule has 37 heavy (non-hydrogen) atoms. The van der Waals surface area contributed by atoms with E-state index in [1.165, 1.54) is 31.3 Å². The maximum atomic E-state index is 13.0. The Morgan fingerprint density at radius 2 is 1.70 bits per heavy atom. The third kappa shape index (κ3) is 4.14. The Balaban J connectivity index is 1.42. The first kappa shape index (κ1) is 26.7. The lowest BCUT2D eigenvalue weighted by Crippen LogP contribution is -2.51. The first-order valence-corrected chi connectivity index (χ1v) is 14.5. The van der Waals surface area contributed by atoms with Crippen molar-refractivity contribution in [2.24, 2.45) is 34.0 Å². The van der Waals surface area contributed by atoms with Crippen LogP contribution in [0, 0.1) is 34.0 Å². The molecule has 0 aromatic heterocycles. The Morgan fingerprint density at radius 3 is 2.38 bits per heavy atom. The molecule has 4 heteroatoms. The van der Waals surface area contributed by atoms with Gasteiger partial charge in [0.1, 0.15) is 0 Å². The smallest absolute Gasteiger partial charge is 0.251 e. The third-order valence-corrected chi connectivity index (χ3v) is 11.6. The molecular formula is C33H48N2O2. The molecule has 2 N–H and O–H groups in total. The SMILES string of the molecule is CC(NC(=O)c1ccccc1)[C@H]1[C@H](O)C[C@@]2(C)[C@@H]3CC[C@@H]4C(=CC3=CC[C@]12C)CC[C@H](N(C)C)C4(C)C. The summed E-state index contributed by atoms with van der Waals surface area (Å²) in [6.45, 7) is 11.9. The van der Waals surface area contributed by atoms with E-state index in [2.05, 4.69) is 71.1 Å². The maximum absolute atomic E-state index is 13.0. The van der Waals surface area contributed by atoms with Gasteiger partial charge < -0.3 is 15.3 Å². The molecular weight excluding hydrogens is 456 g/mol. The lowest BCUT2D eigenvalue weighted by molar-refractivity contribution is -0.00773. The van der Waals surface area contributed by atoms with Gasteiger partial charge in [-0.1, -0.05) is 63.6 Å². The number of nitrogens with zero attached hydrogens (tertiary/aromatic N) is 1. The highest BCUT2D eigenvalue weighted by Gasteiger charge is 2.64. The standard InChI is InChI=1S/C33H48N2O2/c1-21(34-30(37)22-11-9-8-10-12-22)29-27(36)20-33(5)26-15-14-25-23(19-24(26)17-18-32(29,33)4)13-16-28(35(6)7)31(25,2)3/h8-12,17,19,21,25-29,36H,13-16,18,20H2,1-7H3,(H,34,37)/t21?,25-,26-,27-,28+,29+,32-,33+/m1/s1. The molecule has 1 amide bonds. The van der Waals surface area contributed by atoms with Crippen molar-refractivity contribution in [3.63, 3.8) is 0 Å². The Labute approximate surface area is 224 Å². The molecule has 4 nitrogen and oxygen atoms in total. The van der Waals surface area contributed by atoms with Crippen LogP contribution in [0.15, 0.2) is 53.6 Å². The van der Waals surface area contributed by atoms with Gasteiger partial charge in [-0.2, -0.15) is 0 Å². The normalized spacial score (nSPS) is 39.4. The van der Waals surface area contributed by atoms with E-state index in [1.807, 2.05) is 30.3 Å². The van der Waals surface area contributed by atoms with Crippen LogP contribution < -0.4 is 5.32 Å². The number of carbonyl (C=O) groups excluding carboxylic acids is 1. The molecule has 2 saturated carbocycles. The summed E-state index contributed by atoms with van der Waals surface area (Å²) >= 11 is 0. The van der Waals surface area contributed by atoms with Crippen LogP contribution in [-0.2, 0) is 0 Å². The van der Waals surface area contributed by atoms with Crippen molar-refractivity contribution >= 4 is 5.91 Å². The quantitative estimate of drug-likeness (QED) is 0.511. The number of fused-ring (bicyclic) bond motifs is 4. The predicted octanol–water partition coefficient (Wildman–Crippen LogP) is 6.23. The number of benzene rings is 1. The monoisotopic (exact) mass is 504 g/mol. The highest BCUT2D eigenvalue weighted by Crippen LogP contribution is 2.68. The van der Waals surface area contributed by atoms with E-state index in [-0.39, 0.29) is 34.1 Å². The lowest BCUT2D eigenvalue weighted by Gasteiger charge is -2.53. The second kappa shape index (κ2) is 9.38. The summed E-state index contributed by atoms with van der Waals surface area (Å²) in [6.07, 6.45) is 11.3. The van der Waals surface area contributed by atoms with E-state index < -0.39 is 6.10 Å². The molecule has 0 heterocycles. The topological polar surface area (TPSA) is 52.6 Å². The number of aliphatic hydroxyl groups is 1. The summed E-state index contributed by atoms with van der Waals surface area (Å²) < 4.78 is 0. The molecule has 1 aromatic rings. The maximum Gasteiger partial charge on any atom is 0.251 e. The average molecular weight is 505 g/mol. The van der Waals surface area contributed by atoms with Gasteiger partial charge in [0.25, 0.3) is 5.91 Å². The molecule has 0 saturated heterocycles. The predicted molar refractivity (Wildman–Crippen MR) is 151 cm³/mol. The van der Waals surface area contributed by atoms with Crippen molar-refractivity contribution in [1.29, 1.82) is 0 Å². The zero-order valence-corrected chi connectivity index (χ0v) is 24.1. The Hall–Kier alpha value is -1.91. The molecule has 8 atom stereocenters. The number of allylic oxidation sites excluding steroid dienone is 4. The van der Waals surface area contributed by atoms with E-state index in [9.17, 15) is 9.90 Å². The van der Waals surface area contributed by atoms with E-state index >= 15 is 0 Å². The molecule has 0 spiro atoms. The highest BCUT2D eigenvalue weighted by molar-refractivity contribution is 5.94. The molecule has 4 aliphatic rings. The van der Waals surface area contributed by atoms with Gasteiger partial charge in [-0.3, -0.25) is 4.79 Å². The molecule has 0 radical (unpaired) electrons. The van der Waals surface area contributed by atoms with Crippen molar-refractivity contribution in [3.05, 3.63) is 59.2 Å². The number of aliphatic hydroxyl groups excluding tert-OH is 1. The summed E-state index contributed by atoms with van der Waals surface area (Å²) in [5.41, 5.74) is 4.03. The molecule has 1 unspecified atom stereocenters. The molecule has 0 aliphatic heterocycles. The summed E-state index contributed by atoms with van der Waals surface area (Å²) in [7, 11) is 4.48. The van der Waals surface area contributed by atoms with Crippen molar-refractivity contribution < 1.29 is 9.90 Å². The minimum absolute atomic E-state index is 0.00253. The molecule has 2 fully saturated rings. The molecule has 5 rings (SSSR count). The molecule has 202 valence electrons. The summed E-state index contributed by atoms with van der Waals surface area (Å²) in [6, 6.07) is 9.95. The second-order valence-corrected chi connectivity index (χ2v) is 13.9. The van der Waals surface area contributed by atoms with Gasteiger partial charge in [-0.15, -0.1) is 0 Å². The molecule has 0 bridgehead atoms. The van der Waals surface area contributed by atoms with Crippen molar-refractivity contribution in [2.45, 2.75) is 91.3 Å². The zero-order chi connectivity index (χ0) is 26.8. The van der Waals surface area contributed by atoms with Crippen LogP contribution in [-0.4, -0.2) is 48.2 Å². The first-order chi connectivity index (χ1) is 17.4. The Kier molecular flexibility index (Phi) is 6.76. The number of hydrogen-bond donors (Lipinski definition) is 2. The van der Waals surface area contributed by atoms with Gasteiger partial charge in [0.2, 0.25) is 0 Å². The largest absolute Gasteiger partial charge is 0.393 e. The minimum Gasteiger partial charge on any atom is -0.393 e. The van der Waals surface area contributed by atoms with Crippen LogP contribution in [0.4, 0.5) is 0 Å². The van der Waals surface area contributed by atoms with E-state index in [4.69, 9.17) is 0 Å². The van der Waals surface area contributed by atoms with Crippen LogP contribution >= 0.6 is 0 Å². The Morgan fingerprint density at radius 1 is 1.03 bits per heavy atom. The van der Waals surface area contributed by atoms with Gasteiger partial charge in [-0.25, -0.2) is 0 Å². The van der Waals surface area contributed by atoms with Crippen LogP contribution in [0.3, 0.4) is 0 Å². The van der Waals surface area contributed by atoms with E-state index in [0.717, 1.165) is 12.8 Å². The first-order valence-electron chi connectivity index (χ1n) is 14.5. The van der Waals surface area contributed by atoms with Gasteiger partial charge in [-0.05, 0) is 105 Å². The highest BCUT2D eigenvalue weighted by atomic mass is 16.3. The number of nitrogens with one attached hydrogen (secondary N) is 1. The fraction of sp³-hybridized carbons (Fsp3) is 0.667. The number of amides is 1. The van der Waals surface area contributed by atoms with Crippen LogP contribution in [0.1, 0.15) is 83.5 Å². The average Bonchev–Trinajstić information content (AvgIpc) is 2.94. The van der Waals surface area contributed by atoms with Gasteiger partial charge in [0.05, 0.1) is 6.10 Å². The van der Waals surface area contributed by atoms with E-state index in [1.54, 1.807) is 5.57 Å². The van der Waals surface area contributed by atoms with Crippen molar-refractivity contribution in [2.75, 3.05) is 14.1 Å². The van der Waals surface area contributed by atoms with Crippen molar-refractivity contribution in [1.82, 2.24) is 10.2 Å². The van der Waals surface area contributed by atoms with Gasteiger partial charge in [0.15, 0.2) is 0 Å². The lowest BCUT2D eigenvalue weighted by atomic mass is 9.51. The molecule has 4 aliphatic carbocycles. The third-order valence-electron chi connectivity index (χ3n) is 11.6. The fourth-order valence-electron chi connectivity index (χ4n) is 9.61. The van der Waals surface area contributed by atoms with Gasteiger partial charge in [0, 0.05) is 23.6 Å². The molecule has 1 aromatic carbocycles. The van der Waals surface area contributed by atoms with Crippen LogP contribution in [0.25, 0.3) is 0 Å². The summed E-state index contributed by atoms with van der Waals surface area (Å²) in [5.74, 6) is 1.04. The minimum atomic E-state index is -0.415. The van der Waals surface area contributed by atoms with Gasteiger partial charge >= 0.3 is 0 Å². The zero-order valence-electron chi connectivity index (χ0n) is 24.1. The van der Waals surface area contributed by atoms with Crippen LogP contribution in [0.2, 0.25) is 0 Å². The number of carbonyl (C=O) groups is 1. The van der Waals surface area contributed by atoms with Crippen molar-refractivity contribution in [3.8, 4) is 0 Å². The van der Waals surface area contributed by atoms with E-state index in [0.29, 0.717) is 23.4 Å². The summed E-state index contributed by atoms with van der Waals surface area (Å²) in [5, 5.41) is 14.8. The number of hydrogen-bond acceptors (Lipinski definition) is 3. The van der Waals surface area contributed by atoms with Crippen LogP contribution in [0.5, 0.6) is 0 Å². The number of rotatable bonds is 4. The Bertz CT molecular complexity index is 1090. The summed E-state index contributed by atoms with van der Waals surface area (Å²) in [4.78, 5) is 15.4.